The Balaban J connectivity index is 1.45. The molecule has 3 rings (SSSR count). The number of nitrogens with one attached hydrogen (secondary N) is 2. The average molecular weight is 467 g/mol. The van der Waals surface area contributed by atoms with Crippen molar-refractivity contribution in [2.75, 3.05) is 18.5 Å². The molecule has 0 aliphatic rings. The third kappa shape index (κ3) is 8.04. The van der Waals surface area contributed by atoms with Crippen molar-refractivity contribution in [2.24, 2.45) is 0 Å². The highest BCUT2D eigenvalue weighted by Crippen LogP contribution is 2.16. The molecule has 3 aromatic rings. The summed E-state index contributed by atoms with van der Waals surface area (Å²) in [5.74, 6) is 0.138. The molecule has 7 heteroatoms. The predicted molar refractivity (Wildman–Crippen MR) is 131 cm³/mol. The van der Waals surface area contributed by atoms with Crippen LogP contribution in [0.1, 0.15) is 30.9 Å². The van der Waals surface area contributed by atoms with E-state index in [1.54, 1.807) is 12.1 Å². The number of benzene rings is 3. The van der Waals surface area contributed by atoms with Crippen LogP contribution < -0.4 is 14.8 Å². The average Bonchev–Trinajstić information content (AvgIpc) is 2.83. The highest BCUT2D eigenvalue weighted by atomic mass is 32.2. The number of hydrogen-bond acceptors (Lipinski definition) is 4. The number of unbranched alkanes of at least 4 members (excludes halogenated alkanes) is 1. The van der Waals surface area contributed by atoms with Crippen LogP contribution in [0, 0.1) is 0 Å². The van der Waals surface area contributed by atoms with Crippen molar-refractivity contribution in [2.45, 2.75) is 37.5 Å². The largest absolute Gasteiger partial charge is 0.484 e. The summed E-state index contributed by atoms with van der Waals surface area (Å²) in [5, 5.41) is 2.80. The van der Waals surface area contributed by atoms with Crippen molar-refractivity contribution in [3.05, 3.63) is 90.0 Å². The maximum Gasteiger partial charge on any atom is 0.262 e. The summed E-state index contributed by atoms with van der Waals surface area (Å²) in [7, 11) is -3.61. The highest BCUT2D eigenvalue weighted by Gasteiger charge is 2.13. The van der Waals surface area contributed by atoms with Gasteiger partial charge in [0.25, 0.3) is 5.91 Å². The Labute approximate surface area is 196 Å². The van der Waals surface area contributed by atoms with Crippen LogP contribution in [0.4, 0.5) is 5.69 Å². The van der Waals surface area contributed by atoms with Gasteiger partial charge in [0.15, 0.2) is 6.61 Å². The van der Waals surface area contributed by atoms with E-state index in [0.717, 1.165) is 24.8 Å². The van der Waals surface area contributed by atoms with Gasteiger partial charge in [0, 0.05) is 12.2 Å². The lowest BCUT2D eigenvalue weighted by Crippen LogP contribution is -2.26. The highest BCUT2D eigenvalue weighted by molar-refractivity contribution is 7.89. The van der Waals surface area contributed by atoms with Crippen LogP contribution in [0.15, 0.2) is 83.8 Å². The van der Waals surface area contributed by atoms with Gasteiger partial charge in [-0.25, -0.2) is 13.1 Å². The number of carbonyl (C=O) groups is 1. The lowest BCUT2D eigenvalue weighted by Gasteiger charge is -2.10. The zero-order valence-electron chi connectivity index (χ0n) is 18.8. The molecule has 2 N–H and O–H groups in total. The molecule has 0 saturated carbocycles. The number of carbonyl (C=O) groups excluding carboxylic acids is 1. The van der Waals surface area contributed by atoms with E-state index >= 15 is 0 Å². The molecule has 0 atom stereocenters. The minimum Gasteiger partial charge on any atom is -0.484 e. The Morgan fingerprint density at radius 2 is 1.52 bits per heavy atom. The normalized spacial score (nSPS) is 11.2. The van der Waals surface area contributed by atoms with E-state index in [-0.39, 0.29) is 17.4 Å². The molecule has 0 spiro atoms. The molecule has 3 aromatic carbocycles. The minimum atomic E-state index is -3.61. The third-order valence-corrected chi connectivity index (χ3v) is 6.59. The van der Waals surface area contributed by atoms with Gasteiger partial charge in [0.05, 0.1) is 4.90 Å². The van der Waals surface area contributed by atoms with Gasteiger partial charge >= 0.3 is 0 Å². The van der Waals surface area contributed by atoms with E-state index < -0.39 is 10.0 Å². The number of anilines is 1. The zero-order valence-corrected chi connectivity index (χ0v) is 19.6. The van der Waals surface area contributed by atoms with Gasteiger partial charge < -0.3 is 10.1 Å². The van der Waals surface area contributed by atoms with E-state index in [0.29, 0.717) is 24.4 Å². The molecule has 0 aliphatic carbocycles. The molecule has 1 amide bonds. The second-order valence-corrected chi connectivity index (χ2v) is 9.51. The first kappa shape index (κ1) is 24.5. The van der Waals surface area contributed by atoms with Gasteiger partial charge in [0.2, 0.25) is 10.0 Å². The molecular formula is C26H30N2O4S. The maximum absolute atomic E-state index is 12.5. The first-order chi connectivity index (χ1) is 16.0. The van der Waals surface area contributed by atoms with Crippen LogP contribution in [0.5, 0.6) is 5.75 Å². The zero-order chi connectivity index (χ0) is 23.5. The Bertz CT molecular complexity index is 1110. The summed E-state index contributed by atoms with van der Waals surface area (Å²) in [6.45, 7) is 2.30. The molecule has 6 nitrogen and oxygen atoms in total. The van der Waals surface area contributed by atoms with Gasteiger partial charge in [-0.1, -0.05) is 55.8 Å². The standard InChI is InChI=1S/C26H30N2O4S/c1-2-3-7-22-10-12-23(13-11-22)28-26(29)20-32-24-14-16-25(17-15-24)33(30,31)27-19-18-21-8-5-4-6-9-21/h4-6,8-17,27H,2-3,7,18-20H2,1H3,(H,28,29). The fraction of sp³-hybridized carbons (Fsp3) is 0.269. The van der Waals surface area contributed by atoms with Crippen molar-refractivity contribution in [1.82, 2.24) is 4.72 Å². The summed E-state index contributed by atoms with van der Waals surface area (Å²) in [6, 6.07) is 23.5. The second kappa shape index (κ2) is 12.2. The summed E-state index contributed by atoms with van der Waals surface area (Å²) in [5.41, 5.74) is 3.03. The third-order valence-electron chi connectivity index (χ3n) is 5.11. The molecule has 0 saturated heterocycles. The topological polar surface area (TPSA) is 84.5 Å². The van der Waals surface area contributed by atoms with Crippen LogP contribution in [0.25, 0.3) is 0 Å². The van der Waals surface area contributed by atoms with Crippen LogP contribution >= 0.6 is 0 Å². The Morgan fingerprint density at radius 1 is 0.848 bits per heavy atom. The summed E-state index contributed by atoms with van der Waals surface area (Å²) >= 11 is 0. The lowest BCUT2D eigenvalue weighted by atomic mass is 10.1. The second-order valence-electron chi connectivity index (χ2n) is 7.74. The number of aryl methyl sites for hydroxylation is 1. The van der Waals surface area contributed by atoms with Crippen LogP contribution in [-0.4, -0.2) is 27.5 Å². The Kier molecular flexibility index (Phi) is 9.04. The smallest absolute Gasteiger partial charge is 0.262 e. The van der Waals surface area contributed by atoms with Gasteiger partial charge in [-0.15, -0.1) is 0 Å². The van der Waals surface area contributed by atoms with Crippen LogP contribution in [0.2, 0.25) is 0 Å². The molecule has 174 valence electrons. The molecule has 0 heterocycles. The first-order valence-corrected chi connectivity index (χ1v) is 12.6. The molecule has 0 aliphatic heterocycles. The monoisotopic (exact) mass is 466 g/mol. The summed E-state index contributed by atoms with van der Waals surface area (Å²) in [6.07, 6.45) is 3.93. The maximum atomic E-state index is 12.5. The number of rotatable bonds is 12. The molecule has 33 heavy (non-hydrogen) atoms. The van der Waals surface area contributed by atoms with Gasteiger partial charge in [-0.05, 0) is 66.8 Å². The van der Waals surface area contributed by atoms with E-state index in [1.807, 2.05) is 54.6 Å². The number of hydrogen-bond donors (Lipinski definition) is 2. The Hall–Kier alpha value is -3.16. The quantitative estimate of drug-likeness (QED) is 0.410. The number of amides is 1. The fourth-order valence-electron chi connectivity index (χ4n) is 3.25. The van der Waals surface area contributed by atoms with Crippen molar-refractivity contribution in [1.29, 1.82) is 0 Å². The van der Waals surface area contributed by atoms with Crippen molar-refractivity contribution < 1.29 is 17.9 Å². The molecule has 0 aromatic heterocycles. The molecule has 0 radical (unpaired) electrons. The van der Waals surface area contributed by atoms with E-state index in [4.69, 9.17) is 4.74 Å². The van der Waals surface area contributed by atoms with Crippen molar-refractivity contribution in [3.63, 3.8) is 0 Å². The fourth-order valence-corrected chi connectivity index (χ4v) is 4.29. The minimum absolute atomic E-state index is 0.149. The summed E-state index contributed by atoms with van der Waals surface area (Å²) < 4.78 is 33.0. The molecular weight excluding hydrogens is 436 g/mol. The lowest BCUT2D eigenvalue weighted by molar-refractivity contribution is -0.118. The van der Waals surface area contributed by atoms with Crippen LogP contribution in [0.3, 0.4) is 0 Å². The Morgan fingerprint density at radius 3 is 2.18 bits per heavy atom. The molecule has 0 unspecified atom stereocenters. The van der Waals surface area contributed by atoms with Gasteiger partial charge in [0.1, 0.15) is 5.75 Å². The van der Waals surface area contributed by atoms with Crippen LogP contribution in [-0.2, 0) is 27.7 Å². The number of ether oxygens (including phenoxy) is 1. The SMILES string of the molecule is CCCCc1ccc(NC(=O)COc2ccc(S(=O)(=O)NCCc3ccccc3)cc2)cc1. The van der Waals surface area contributed by atoms with E-state index in [1.165, 1.54) is 17.7 Å². The van der Waals surface area contributed by atoms with E-state index in [9.17, 15) is 13.2 Å². The predicted octanol–water partition coefficient (Wildman–Crippen LogP) is 4.57. The first-order valence-electron chi connectivity index (χ1n) is 11.1. The van der Waals surface area contributed by atoms with E-state index in [2.05, 4.69) is 17.0 Å². The molecule has 0 bridgehead atoms. The van der Waals surface area contributed by atoms with Gasteiger partial charge in [-0.2, -0.15) is 0 Å². The number of sulfonamides is 1. The van der Waals surface area contributed by atoms with Gasteiger partial charge in [-0.3, -0.25) is 4.79 Å². The van der Waals surface area contributed by atoms with Crippen molar-refractivity contribution >= 4 is 21.6 Å². The summed E-state index contributed by atoms with van der Waals surface area (Å²) in [4.78, 5) is 12.3. The van der Waals surface area contributed by atoms with Crippen molar-refractivity contribution in [3.8, 4) is 5.75 Å². The molecule has 0 fully saturated rings.